The minimum atomic E-state index is -3.30. The van der Waals surface area contributed by atoms with E-state index >= 15 is 0 Å². The van der Waals surface area contributed by atoms with Crippen LogP contribution >= 0.6 is 0 Å². The third kappa shape index (κ3) is 7.76. The van der Waals surface area contributed by atoms with Gasteiger partial charge in [-0.25, -0.2) is 8.42 Å². The van der Waals surface area contributed by atoms with Crippen LogP contribution in [0.15, 0.2) is 45.9 Å². The largest absolute Gasteiger partial charge is 0.495 e. The average Bonchev–Trinajstić information content (AvgIpc) is 2.55. The third-order valence-electron chi connectivity index (χ3n) is 3.12. The fourth-order valence-electron chi connectivity index (χ4n) is 1.89. The van der Waals surface area contributed by atoms with Crippen LogP contribution in [0, 0.1) is 22.7 Å². The molecule has 0 spiro atoms. The lowest BCUT2D eigenvalue weighted by Gasteiger charge is -2.09. The minimum Gasteiger partial charge on any atom is -0.495 e. The zero-order chi connectivity index (χ0) is 21.2. The number of carbonyl (C=O) groups is 1. The molecule has 1 N–H and O–H groups in total. The number of allylic oxidation sites excluding steroid dienone is 3. The van der Waals surface area contributed by atoms with Crippen molar-refractivity contribution in [2.75, 3.05) is 18.7 Å². The Bertz CT molecular complexity index is 938. The van der Waals surface area contributed by atoms with E-state index in [4.69, 9.17) is 15.3 Å². The summed E-state index contributed by atoms with van der Waals surface area (Å²) in [5.74, 6) is 0.142. The van der Waals surface area contributed by atoms with E-state index in [1.807, 2.05) is 6.07 Å². The molecule has 0 unspecified atom stereocenters. The lowest BCUT2D eigenvalue weighted by atomic mass is 10.1. The topological polar surface area (TPSA) is 120 Å². The summed E-state index contributed by atoms with van der Waals surface area (Å²) in [7, 11) is -1.77. The molecule has 8 heteroatoms. The van der Waals surface area contributed by atoms with E-state index in [0.717, 1.165) is 6.26 Å². The molecule has 1 rings (SSSR count). The molecule has 7 nitrogen and oxygen atoms in total. The van der Waals surface area contributed by atoms with Crippen molar-refractivity contribution in [2.45, 2.75) is 27.7 Å². The summed E-state index contributed by atoms with van der Waals surface area (Å²) in [5.41, 5.74) is 1.88. The molecule has 1 aromatic carbocycles. The molecule has 0 saturated carbocycles. The van der Waals surface area contributed by atoms with Crippen LogP contribution in [0.2, 0.25) is 0 Å². The normalized spacial score (nSPS) is 9.48. The van der Waals surface area contributed by atoms with Gasteiger partial charge in [0.2, 0.25) is 0 Å². The quantitative estimate of drug-likeness (QED) is 0.623. The van der Waals surface area contributed by atoms with E-state index < -0.39 is 15.7 Å². The molecule has 0 saturated heterocycles. The number of methoxy groups -OCH3 is 1. The fourth-order valence-corrected chi connectivity index (χ4v) is 2.80. The predicted octanol–water partition coefficient (Wildman–Crippen LogP) is 3.34. The second-order valence-electron chi connectivity index (χ2n) is 5.85. The summed E-state index contributed by atoms with van der Waals surface area (Å²) in [5, 5.41) is 19.9. The smallest absolute Gasteiger partial charge is 0.266 e. The highest BCUT2D eigenvalue weighted by Crippen LogP contribution is 2.23. The minimum absolute atomic E-state index is 0.121. The van der Waals surface area contributed by atoms with E-state index in [1.54, 1.807) is 58.0 Å². The number of nitrogens with zero attached hydrogens (tertiary/aromatic N) is 2. The molecule has 1 amide bonds. The second-order valence-corrected chi connectivity index (χ2v) is 7.81. The van der Waals surface area contributed by atoms with Crippen molar-refractivity contribution in [3.8, 4) is 17.9 Å². The number of hydrogen-bond acceptors (Lipinski definition) is 6. The summed E-state index contributed by atoms with van der Waals surface area (Å²) in [6.45, 7) is 6.64. The molecule has 27 heavy (non-hydrogen) atoms. The Hall–Kier alpha value is -3.10. The number of anilines is 1. The lowest BCUT2D eigenvalue weighted by molar-refractivity contribution is -0.112. The van der Waals surface area contributed by atoms with E-state index in [-0.39, 0.29) is 10.5 Å². The first-order valence-corrected chi connectivity index (χ1v) is 9.68. The Morgan fingerprint density at radius 1 is 1.04 bits per heavy atom. The molecular formula is C19H23N3O4S. The summed E-state index contributed by atoms with van der Waals surface area (Å²) in [6, 6.07) is 10.6. The van der Waals surface area contributed by atoms with Crippen molar-refractivity contribution < 1.29 is 17.9 Å². The first-order chi connectivity index (χ1) is 12.5. The number of sulfone groups is 1. The first kappa shape index (κ1) is 23.9. The summed E-state index contributed by atoms with van der Waals surface area (Å²) >= 11 is 0. The van der Waals surface area contributed by atoms with Crippen LogP contribution in [0.25, 0.3) is 0 Å². The number of nitrogens with one attached hydrogen (secondary N) is 1. The monoisotopic (exact) mass is 389 g/mol. The molecule has 0 bridgehead atoms. The number of ether oxygens (including phenoxy) is 1. The van der Waals surface area contributed by atoms with Gasteiger partial charge in [-0.15, -0.1) is 0 Å². The van der Waals surface area contributed by atoms with Crippen molar-refractivity contribution in [3.05, 3.63) is 45.9 Å². The number of nitriles is 2. The Labute approximate surface area is 160 Å². The van der Waals surface area contributed by atoms with Gasteiger partial charge in [0, 0.05) is 6.26 Å². The van der Waals surface area contributed by atoms with Crippen molar-refractivity contribution in [1.29, 1.82) is 10.5 Å². The van der Waals surface area contributed by atoms with Crippen LogP contribution in [-0.2, 0) is 14.6 Å². The zero-order valence-corrected chi connectivity index (χ0v) is 17.1. The lowest BCUT2D eigenvalue weighted by Crippen LogP contribution is -2.15. The average molecular weight is 389 g/mol. The van der Waals surface area contributed by atoms with Crippen molar-refractivity contribution in [2.24, 2.45) is 0 Å². The van der Waals surface area contributed by atoms with Gasteiger partial charge in [0.1, 0.15) is 28.4 Å². The number of hydrogen-bond donors (Lipinski definition) is 1. The van der Waals surface area contributed by atoms with Crippen LogP contribution in [0.1, 0.15) is 27.7 Å². The van der Waals surface area contributed by atoms with Gasteiger partial charge in [0.15, 0.2) is 9.84 Å². The number of amides is 1. The Morgan fingerprint density at radius 2 is 1.59 bits per heavy atom. The Balaban J connectivity index is 0.000000580. The molecule has 0 atom stereocenters. The van der Waals surface area contributed by atoms with E-state index in [2.05, 4.69) is 5.32 Å². The van der Waals surface area contributed by atoms with Crippen molar-refractivity contribution in [3.63, 3.8) is 0 Å². The van der Waals surface area contributed by atoms with Crippen LogP contribution in [0.4, 0.5) is 5.69 Å². The molecule has 0 aliphatic rings. The van der Waals surface area contributed by atoms with Crippen LogP contribution < -0.4 is 10.1 Å². The first-order valence-electron chi connectivity index (χ1n) is 7.79. The predicted molar refractivity (Wildman–Crippen MR) is 104 cm³/mol. The maximum absolute atomic E-state index is 11.8. The number of para-hydroxylation sites is 2. The summed E-state index contributed by atoms with van der Waals surface area (Å²) < 4.78 is 26.6. The number of rotatable bonds is 4. The molecule has 0 heterocycles. The van der Waals surface area contributed by atoms with E-state index in [9.17, 15) is 13.2 Å². The summed E-state index contributed by atoms with van der Waals surface area (Å²) in [6.07, 6.45) is 1.03. The van der Waals surface area contributed by atoms with Gasteiger partial charge < -0.3 is 10.1 Å². The van der Waals surface area contributed by atoms with Crippen molar-refractivity contribution in [1.82, 2.24) is 0 Å². The van der Waals surface area contributed by atoms with Gasteiger partial charge in [0.05, 0.1) is 12.8 Å². The fraction of sp³-hybridized carbons (Fsp3) is 0.316. The number of carbonyl (C=O) groups excluding carboxylic acids is 1. The molecular weight excluding hydrogens is 366 g/mol. The van der Waals surface area contributed by atoms with Gasteiger partial charge in [0.25, 0.3) is 5.91 Å². The summed E-state index contributed by atoms with van der Waals surface area (Å²) in [4.78, 5) is 11.7. The van der Waals surface area contributed by atoms with Crippen LogP contribution in [0.3, 0.4) is 0 Å². The molecule has 144 valence electrons. The highest BCUT2D eigenvalue weighted by atomic mass is 32.2. The van der Waals surface area contributed by atoms with Crippen LogP contribution in [-0.4, -0.2) is 27.7 Å². The van der Waals surface area contributed by atoms with Gasteiger partial charge in [-0.2, -0.15) is 10.5 Å². The maximum atomic E-state index is 11.8. The Morgan fingerprint density at radius 3 is 1.93 bits per heavy atom. The van der Waals surface area contributed by atoms with Crippen LogP contribution in [0.5, 0.6) is 5.75 Å². The zero-order valence-electron chi connectivity index (χ0n) is 16.2. The van der Waals surface area contributed by atoms with Gasteiger partial charge in [-0.1, -0.05) is 17.7 Å². The highest BCUT2D eigenvalue weighted by molar-refractivity contribution is 7.94. The van der Waals surface area contributed by atoms with E-state index in [1.165, 1.54) is 7.11 Å². The molecule has 0 aliphatic carbocycles. The third-order valence-corrected chi connectivity index (χ3v) is 4.36. The van der Waals surface area contributed by atoms with Gasteiger partial charge in [-0.3, -0.25) is 4.79 Å². The molecule has 0 radical (unpaired) electrons. The molecule has 0 aliphatic heterocycles. The van der Waals surface area contributed by atoms with E-state index in [0.29, 0.717) is 22.6 Å². The Kier molecular flexibility index (Phi) is 9.55. The SMILES string of the molecule is CC(C)=C(C#N)S(C)(=O)=O.COc1ccccc1NC(=O)C(C#N)=C(C)C. The van der Waals surface area contributed by atoms with Crippen molar-refractivity contribution >= 4 is 21.4 Å². The molecule has 0 aromatic heterocycles. The standard InChI is InChI=1S/C13H14N2O2.C6H9NO2S/c1-9(2)10(8-14)13(16)15-11-6-4-5-7-12(11)17-3;1-5(2)6(4-7)10(3,8)9/h4-7H,1-3H3,(H,15,16);1-3H3. The number of benzene rings is 1. The molecule has 1 aromatic rings. The highest BCUT2D eigenvalue weighted by Gasteiger charge is 2.13. The molecule has 0 fully saturated rings. The van der Waals surface area contributed by atoms with Gasteiger partial charge in [-0.05, 0) is 45.4 Å². The second kappa shape index (κ2) is 10.8. The maximum Gasteiger partial charge on any atom is 0.266 e. The van der Waals surface area contributed by atoms with Gasteiger partial charge >= 0.3 is 0 Å².